The predicted molar refractivity (Wildman–Crippen MR) is 64.1 cm³/mol. The van der Waals surface area contributed by atoms with E-state index in [1.165, 1.54) is 6.92 Å². The Labute approximate surface area is 111 Å². The monoisotopic (exact) mass is 282 g/mol. The summed E-state index contributed by atoms with van der Waals surface area (Å²) in [5.74, 6) is -1.06. The molecule has 2 aromatic rings. The highest BCUT2D eigenvalue weighted by molar-refractivity contribution is 5.52. The molecule has 0 aliphatic rings. The van der Waals surface area contributed by atoms with Crippen molar-refractivity contribution in [2.45, 2.75) is 13.1 Å². The molecule has 104 valence electrons. The fourth-order valence-corrected chi connectivity index (χ4v) is 1.44. The highest BCUT2D eigenvalue weighted by Gasteiger charge is 2.38. The van der Waals surface area contributed by atoms with E-state index >= 15 is 0 Å². The summed E-state index contributed by atoms with van der Waals surface area (Å²) in [7, 11) is 0. The fourth-order valence-electron chi connectivity index (χ4n) is 1.44. The predicted octanol–water partition coefficient (Wildman–Crippen LogP) is 3.92. The first-order valence-corrected chi connectivity index (χ1v) is 5.49. The quantitative estimate of drug-likeness (QED) is 0.848. The molecule has 0 amide bonds. The molecule has 5 nitrogen and oxygen atoms in total. The van der Waals surface area contributed by atoms with Gasteiger partial charge in [-0.15, -0.1) is 5.11 Å². The van der Waals surface area contributed by atoms with Crippen LogP contribution >= 0.6 is 0 Å². The molecule has 1 heterocycles. The van der Waals surface area contributed by atoms with Gasteiger partial charge in [-0.1, -0.05) is 18.2 Å². The molecule has 0 radical (unpaired) electrons. The first-order chi connectivity index (χ1) is 9.38. The van der Waals surface area contributed by atoms with Crippen molar-refractivity contribution in [2.75, 3.05) is 0 Å². The van der Waals surface area contributed by atoms with E-state index in [1.807, 2.05) is 0 Å². The number of nitrogens with zero attached hydrogens (tertiary/aromatic N) is 4. The molecule has 0 unspecified atom stereocenters. The van der Waals surface area contributed by atoms with Gasteiger partial charge in [0.15, 0.2) is 11.4 Å². The molecule has 2 rings (SSSR count). The average molecular weight is 282 g/mol. The number of alkyl halides is 3. The van der Waals surface area contributed by atoms with Gasteiger partial charge in [0.2, 0.25) is 5.88 Å². The molecule has 0 aliphatic carbocycles. The number of benzene rings is 1. The van der Waals surface area contributed by atoms with Crippen LogP contribution in [-0.4, -0.2) is 15.1 Å². The maximum Gasteiger partial charge on any atom is 0.435 e. The van der Waals surface area contributed by atoms with Gasteiger partial charge in [0.05, 0.1) is 5.69 Å². The number of azo groups is 1. The third kappa shape index (κ3) is 3.08. The summed E-state index contributed by atoms with van der Waals surface area (Å²) >= 11 is 0. The molecule has 0 bridgehead atoms. The molecule has 0 aliphatic heterocycles. The van der Waals surface area contributed by atoms with Crippen LogP contribution in [0.15, 0.2) is 40.6 Å². The fraction of sp³-hybridized carbons (Fsp3) is 0.167. The second-order valence-electron chi connectivity index (χ2n) is 3.82. The molecule has 0 saturated heterocycles. The first-order valence-electron chi connectivity index (χ1n) is 5.49. The number of rotatable bonds is 2. The Morgan fingerprint density at radius 1 is 1.05 bits per heavy atom. The van der Waals surface area contributed by atoms with Crippen molar-refractivity contribution in [1.82, 2.24) is 9.97 Å². The maximum absolute atomic E-state index is 12.8. The highest BCUT2D eigenvalue weighted by Crippen LogP contribution is 2.39. The Morgan fingerprint density at radius 3 is 2.30 bits per heavy atom. The van der Waals surface area contributed by atoms with E-state index in [0.717, 1.165) is 0 Å². The zero-order valence-corrected chi connectivity index (χ0v) is 10.3. The van der Waals surface area contributed by atoms with Gasteiger partial charge in [-0.2, -0.15) is 23.3 Å². The molecule has 0 spiro atoms. The molecular formula is C12H9F3N4O. The zero-order chi connectivity index (χ0) is 14.8. The number of halogens is 3. The molecule has 8 heteroatoms. The lowest BCUT2D eigenvalue weighted by Crippen LogP contribution is -2.10. The molecule has 1 aromatic carbocycles. The summed E-state index contributed by atoms with van der Waals surface area (Å²) in [6.45, 7) is 1.24. The van der Waals surface area contributed by atoms with Crippen molar-refractivity contribution in [1.29, 1.82) is 0 Å². The van der Waals surface area contributed by atoms with E-state index < -0.39 is 23.4 Å². The molecule has 1 aromatic heterocycles. The minimum Gasteiger partial charge on any atom is -0.492 e. The SMILES string of the molecule is Cc1nc(O)c(/N=N/c2ccccc2)c(C(F)(F)F)n1. The van der Waals surface area contributed by atoms with Gasteiger partial charge in [-0.25, -0.2) is 4.98 Å². The lowest BCUT2D eigenvalue weighted by Gasteiger charge is -2.09. The van der Waals surface area contributed by atoms with Crippen LogP contribution in [0.2, 0.25) is 0 Å². The van der Waals surface area contributed by atoms with E-state index in [2.05, 4.69) is 20.2 Å². The van der Waals surface area contributed by atoms with Crippen molar-refractivity contribution in [3.63, 3.8) is 0 Å². The van der Waals surface area contributed by atoms with Gasteiger partial charge in [-0.3, -0.25) is 0 Å². The number of hydrogen-bond donors (Lipinski definition) is 1. The summed E-state index contributed by atoms with van der Waals surface area (Å²) < 4.78 is 38.5. The van der Waals surface area contributed by atoms with Crippen LogP contribution < -0.4 is 0 Å². The molecule has 0 fully saturated rings. The largest absolute Gasteiger partial charge is 0.492 e. The van der Waals surface area contributed by atoms with Gasteiger partial charge in [0.25, 0.3) is 0 Å². The third-order valence-corrected chi connectivity index (χ3v) is 2.27. The smallest absolute Gasteiger partial charge is 0.435 e. The van der Waals surface area contributed by atoms with Crippen LogP contribution in [0.3, 0.4) is 0 Å². The molecular weight excluding hydrogens is 273 g/mol. The third-order valence-electron chi connectivity index (χ3n) is 2.27. The van der Waals surface area contributed by atoms with Gasteiger partial charge in [-0.05, 0) is 19.1 Å². The van der Waals surface area contributed by atoms with Crippen molar-refractivity contribution in [3.05, 3.63) is 41.9 Å². The van der Waals surface area contributed by atoms with E-state index in [9.17, 15) is 18.3 Å². The van der Waals surface area contributed by atoms with Gasteiger partial charge in [0.1, 0.15) is 5.82 Å². The van der Waals surface area contributed by atoms with Crippen LogP contribution in [-0.2, 0) is 6.18 Å². The first kappa shape index (κ1) is 13.9. The van der Waals surface area contributed by atoms with Crippen molar-refractivity contribution in [3.8, 4) is 5.88 Å². The minimum atomic E-state index is -4.75. The summed E-state index contributed by atoms with van der Waals surface area (Å²) in [6, 6.07) is 8.16. The Bertz CT molecular complexity index is 641. The Kier molecular flexibility index (Phi) is 3.64. The molecule has 0 saturated carbocycles. The van der Waals surface area contributed by atoms with Gasteiger partial charge < -0.3 is 5.11 Å². The average Bonchev–Trinajstić information content (AvgIpc) is 2.37. The number of aryl methyl sites for hydroxylation is 1. The molecule has 0 atom stereocenters. The lowest BCUT2D eigenvalue weighted by molar-refractivity contribution is -0.140. The maximum atomic E-state index is 12.8. The Morgan fingerprint density at radius 2 is 1.70 bits per heavy atom. The van der Waals surface area contributed by atoms with Crippen LogP contribution in [0.1, 0.15) is 11.5 Å². The normalized spacial score (nSPS) is 12.0. The van der Waals surface area contributed by atoms with E-state index in [1.54, 1.807) is 30.3 Å². The molecule has 20 heavy (non-hydrogen) atoms. The van der Waals surface area contributed by atoms with E-state index in [-0.39, 0.29) is 5.82 Å². The Balaban J connectivity index is 2.48. The van der Waals surface area contributed by atoms with Crippen LogP contribution in [0.5, 0.6) is 5.88 Å². The van der Waals surface area contributed by atoms with Crippen molar-refractivity contribution in [2.24, 2.45) is 10.2 Å². The Hall–Kier alpha value is -2.51. The van der Waals surface area contributed by atoms with E-state index in [0.29, 0.717) is 5.69 Å². The second kappa shape index (κ2) is 5.24. The lowest BCUT2D eigenvalue weighted by atomic mass is 10.3. The number of aromatic nitrogens is 2. The number of hydrogen-bond acceptors (Lipinski definition) is 5. The van der Waals surface area contributed by atoms with E-state index in [4.69, 9.17) is 0 Å². The van der Waals surface area contributed by atoms with Crippen LogP contribution in [0.25, 0.3) is 0 Å². The summed E-state index contributed by atoms with van der Waals surface area (Å²) in [4.78, 5) is 6.72. The topological polar surface area (TPSA) is 70.7 Å². The van der Waals surface area contributed by atoms with Crippen molar-refractivity contribution >= 4 is 11.4 Å². The van der Waals surface area contributed by atoms with Gasteiger partial charge >= 0.3 is 6.18 Å². The zero-order valence-electron chi connectivity index (χ0n) is 10.3. The standard InChI is InChI=1S/C12H9F3N4O/c1-7-16-10(12(13,14)15)9(11(20)17-7)19-18-8-5-3-2-4-6-8/h2-6H,1H3,(H,16,17,20)/b19-18+. The summed E-state index contributed by atoms with van der Waals surface area (Å²) in [5.41, 5.74) is -1.77. The summed E-state index contributed by atoms with van der Waals surface area (Å²) in [6.07, 6.45) is -4.75. The summed E-state index contributed by atoms with van der Waals surface area (Å²) in [5, 5.41) is 16.5. The minimum absolute atomic E-state index is 0.200. The molecule has 1 N–H and O–H groups in total. The van der Waals surface area contributed by atoms with Crippen LogP contribution in [0, 0.1) is 6.92 Å². The highest BCUT2D eigenvalue weighted by atomic mass is 19.4. The number of aromatic hydroxyl groups is 1. The van der Waals surface area contributed by atoms with Gasteiger partial charge in [0, 0.05) is 0 Å². The van der Waals surface area contributed by atoms with Crippen LogP contribution in [0.4, 0.5) is 24.5 Å². The second-order valence-corrected chi connectivity index (χ2v) is 3.82. The van der Waals surface area contributed by atoms with Crippen molar-refractivity contribution < 1.29 is 18.3 Å².